The van der Waals surface area contributed by atoms with Crippen molar-refractivity contribution in [1.29, 1.82) is 0 Å². The fraction of sp³-hybridized carbons (Fsp3) is 0.167. The molecule has 0 N–H and O–H groups in total. The first-order chi connectivity index (χ1) is 12.0. The monoisotopic (exact) mass is 403 g/mol. The zero-order valence-electron chi connectivity index (χ0n) is 13.3. The third kappa shape index (κ3) is 3.41. The number of imide groups is 1. The van der Waals surface area contributed by atoms with Gasteiger partial charge in [0, 0.05) is 10.0 Å². The quantitative estimate of drug-likeness (QED) is 0.566. The number of methoxy groups -OCH3 is 1. The number of benzene rings is 2. The molecule has 0 radical (unpaired) electrons. The lowest BCUT2D eigenvalue weighted by Gasteiger charge is -2.14. The first kappa shape index (κ1) is 17.2. The molecule has 6 nitrogen and oxygen atoms in total. The summed E-state index contributed by atoms with van der Waals surface area (Å²) in [6.45, 7) is -0.451. The smallest absolute Gasteiger partial charge is 0.326 e. The summed E-state index contributed by atoms with van der Waals surface area (Å²) >= 11 is 3.34. The van der Waals surface area contributed by atoms with Gasteiger partial charge in [0.2, 0.25) is 0 Å². The van der Waals surface area contributed by atoms with Gasteiger partial charge in [-0.15, -0.1) is 0 Å². The van der Waals surface area contributed by atoms with Crippen LogP contribution in [0.4, 0.5) is 0 Å². The first-order valence-corrected chi connectivity index (χ1v) is 8.24. The van der Waals surface area contributed by atoms with Gasteiger partial charge < -0.3 is 9.47 Å². The number of ether oxygens (including phenoxy) is 2. The largest absolute Gasteiger partial charge is 0.496 e. The lowest BCUT2D eigenvalue weighted by molar-refractivity contribution is -0.145. The molecule has 128 valence electrons. The summed E-state index contributed by atoms with van der Waals surface area (Å²) in [6.07, 6.45) is 0. The number of esters is 1. The summed E-state index contributed by atoms with van der Waals surface area (Å²) in [5.41, 5.74) is 1.27. The summed E-state index contributed by atoms with van der Waals surface area (Å²) in [7, 11) is 1.52. The van der Waals surface area contributed by atoms with Crippen molar-refractivity contribution < 1.29 is 23.9 Å². The molecule has 7 heteroatoms. The molecule has 0 aliphatic carbocycles. The summed E-state index contributed by atoms with van der Waals surface area (Å²) in [5, 5.41) is 0. The topological polar surface area (TPSA) is 72.9 Å². The highest BCUT2D eigenvalue weighted by atomic mass is 79.9. The number of nitrogens with zero attached hydrogens (tertiary/aromatic N) is 1. The van der Waals surface area contributed by atoms with Crippen LogP contribution in [-0.4, -0.2) is 36.3 Å². The Morgan fingerprint density at radius 3 is 2.32 bits per heavy atom. The maximum absolute atomic E-state index is 12.2. The molecule has 1 heterocycles. The maximum atomic E-state index is 12.2. The van der Waals surface area contributed by atoms with Crippen LogP contribution in [-0.2, 0) is 16.1 Å². The van der Waals surface area contributed by atoms with Crippen molar-refractivity contribution in [3.63, 3.8) is 0 Å². The Labute approximate surface area is 152 Å². The number of carbonyl (C=O) groups excluding carboxylic acids is 3. The summed E-state index contributed by atoms with van der Waals surface area (Å²) in [4.78, 5) is 37.4. The van der Waals surface area contributed by atoms with E-state index in [0.29, 0.717) is 22.4 Å². The van der Waals surface area contributed by atoms with Gasteiger partial charge in [0.1, 0.15) is 18.9 Å². The Hall–Kier alpha value is -2.67. The van der Waals surface area contributed by atoms with E-state index in [0.717, 1.165) is 9.37 Å². The van der Waals surface area contributed by atoms with E-state index >= 15 is 0 Å². The van der Waals surface area contributed by atoms with Crippen LogP contribution in [0.2, 0.25) is 0 Å². The highest BCUT2D eigenvalue weighted by molar-refractivity contribution is 9.10. The van der Waals surface area contributed by atoms with E-state index in [4.69, 9.17) is 9.47 Å². The third-order valence-corrected chi connectivity index (χ3v) is 4.29. The highest BCUT2D eigenvalue weighted by Gasteiger charge is 2.36. The van der Waals surface area contributed by atoms with Crippen LogP contribution in [0.1, 0.15) is 26.3 Å². The van der Waals surface area contributed by atoms with Gasteiger partial charge in [0.05, 0.1) is 18.2 Å². The van der Waals surface area contributed by atoms with Crippen molar-refractivity contribution in [3.8, 4) is 5.75 Å². The number of rotatable bonds is 5. The lowest BCUT2D eigenvalue weighted by atomic mass is 10.1. The molecule has 2 aromatic carbocycles. The van der Waals surface area contributed by atoms with E-state index in [2.05, 4.69) is 15.9 Å². The van der Waals surface area contributed by atoms with Gasteiger partial charge in [-0.25, -0.2) is 0 Å². The Morgan fingerprint density at radius 1 is 1.08 bits per heavy atom. The Kier molecular flexibility index (Phi) is 4.85. The molecule has 0 fully saturated rings. The zero-order chi connectivity index (χ0) is 18.0. The van der Waals surface area contributed by atoms with E-state index in [9.17, 15) is 14.4 Å². The first-order valence-electron chi connectivity index (χ1n) is 7.44. The van der Waals surface area contributed by atoms with Crippen LogP contribution in [0.25, 0.3) is 0 Å². The Bertz CT molecular complexity index is 829. The average Bonchev–Trinajstić information content (AvgIpc) is 2.85. The molecule has 0 unspecified atom stereocenters. The number of carbonyl (C=O) groups is 3. The second-order valence-electron chi connectivity index (χ2n) is 5.36. The van der Waals surface area contributed by atoms with Crippen molar-refractivity contribution in [3.05, 3.63) is 63.6 Å². The summed E-state index contributed by atoms with van der Waals surface area (Å²) in [6, 6.07) is 11.8. The van der Waals surface area contributed by atoms with Crippen LogP contribution in [0.5, 0.6) is 5.75 Å². The van der Waals surface area contributed by atoms with Gasteiger partial charge in [-0.1, -0.05) is 28.1 Å². The normalized spacial score (nSPS) is 13.0. The fourth-order valence-electron chi connectivity index (χ4n) is 2.58. The average molecular weight is 404 g/mol. The van der Waals surface area contributed by atoms with Crippen molar-refractivity contribution in [2.24, 2.45) is 0 Å². The molecule has 0 aromatic heterocycles. The molecule has 0 atom stereocenters. The van der Waals surface area contributed by atoms with Crippen LogP contribution in [0.15, 0.2) is 46.9 Å². The number of halogens is 1. The molecule has 1 aliphatic heterocycles. The molecule has 2 aromatic rings. The zero-order valence-corrected chi connectivity index (χ0v) is 14.9. The van der Waals surface area contributed by atoms with E-state index in [1.54, 1.807) is 36.4 Å². The molecule has 0 saturated heterocycles. The Morgan fingerprint density at radius 2 is 1.72 bits per heavy atom. The predicted octanol–water partition coefficient (Wildman–Crippen LogP) is 2.80. The van der Waals surface area contributed by atoms with E-state index in [-0.39, 0.29) is 6.61 Å². The van der Waals surface area contributed by atoms with Crippen LogP contribution in [0.3, 0.4) is 0 Å². The van der Waals surface area contributed by atoms with Crippen LogP contribution in [0, 0.1) is 0 Å². The fourth-order valence-corrected chi connectivity index (χ4v) is 2.98. The van der Waals surface area contributed by atoms with Crippen molar-refractivity contribution in [2.75, 3.05) is 13.7 Å². The molecule has 3 rings (SSSR count). The van der Waals surface area contributed by atoms with Gasteiger partial charge in [0.15, 0.2) is 0 Å². The molecule has 0 spiro atoms. The molecule has 25 heavy (non-hydrogen) atoms. The van der Waals surface area contributed by atoms with Gasteiger partial charge in [-0.3, -0.25) is 19.3 Å². The minimum absolute atomic E-state index is 0.0232. The van der Waals surface area contributed by atoms with Gasteiger partial charge in [-0.2, -0.15) is 0 Å². The highest BCUT2D eigenvalue weighted by Crippen LogP contribution is 2.24. The van der Waals surface area contributed by atoms with Crippen LogP contribution >= 0.6 is 15.9 Å². The number of hydrogen-bond donors (Lipinski definition) is 0. The molecule has 0 bridgehead atoms. The van der Waals surface area contributed by atoms with Gasteiger partial charge >= 0.3 is 5.97 Å². The SMILES string of the molecule is COc1ccc(Br)cc1COC(=O)CN1C(=O)c2ccccc2C1=O. The second kappa shape index (κ2) is 7.06. The number of hydrogen-bond acceptors (Lipinski definition) is 5. The predicted molar refractivity (Wildman–Crippen MR) is 92.3 cm³/mol. The van der Waals surface area contributed by atoms with E-state index in [1.165, 1.54) is 7.11 Å². The van der Waals surface area contributed by atoms with Crippen molar-refractivity contribution in [2.45, 2.75) is 6.61 Å². The summed E-state index contributed by atoms with van der Waals surface area (Å²) < 4.78 is 11.2. The molecule has 0 saturated carbocycles. The van der Waals surface area contributed by atoms with Gasteiger partial charge in [-0.05, 0) is 30.3 Å². The third-order valence-electron chi connectivity index (χ3n) is 3.80. The standard InChI is InChI=1S/C18H14BrNO5/c1-24-15-7-6-12(19)8-11(15)10-25-16(21)9-20-17(22)13-4-2-3-5-14(13)18(20)23/h2-8H,9-10H2,1H3. The minimum Gasteiger partial charge on any atom is -0.496 e. The molecule has 1 aliphatic rings. The minimum atomic E-state index is -0.670. The molecular formula is C18H14BrNO5. The van der Waals surface area contributed by atoms with Crippen molar-refractivity contribution >= 4 is 33.7 Å². The van der Waals surface area contributed by atoms with E-state index in [1.807, 2.05) is 6.07 Å². The van der Waals surface area contributed by atoms with Crippen molar-refractivity contribution in [1.82, 2.24) is 4.90 Å². The second-order valence-corrected chi connectivity index (χ2v) is 6.27. The van der Waals surface area contributed by atoms with Crippen LogP contribution < -0.4 is 4.74 Å². The maximum Gasteiger partial charge on any atom is 0.326 e. The number of amides is 2. The molecule has 2 amide bonds. The number of fused-ring (bicyclic) bond motifs is 1. The Balaban J connectivity index is 1.65. The van der Waals surface area contributed by atoms with Gasteiger partial charge in [0.25, 0.3) is 11.8 Å². The van der Waals surface area contributed by atoms with E-state index < -0.39 is 24.3 Å². The lowest BCUT2D eigenvalue weighted by Crippen LogP contribution is -2.35. The summed E-state index contributed by atoms with van der Waals surface area (Å²) in [5.74, 6) is -1.07. The molecular weight excluding hydrogens is 390 g/mol.